The molecule has 0 spiro atoms. The van der Waals surface area contributed by atoms with Crippen LogP contribution in [0.3, 0.4) is 0 Å². The van der Waals surface area contributed by atoms with Crippen LogP contribution in [0.4, 0.5) is 11.4 Å². The highest BCUT2D eigenvalue weighted by Crippen LogP contribution is 2.21. The van der Waals surface area contributed by atoms with Crippen molar-refractivity contribution in [3.8, 4) is 0 Å². The molecule has 0 saturated heterocycles. The van der Waals surface area contributed by atoms with Crippen LogP contribution in [0, 0.1) is 6.92 Å². The van der Waals surface area contributed by atoms with E-state index < -0.39 is 0 Å². The van der Waals surface area contributed by atoms with Gasteiger partial charge in [0, 0.05) is 22.9 Å². The van der Waals surface area contributed by atoms with Crippen LogP contribution in [-0.4, -0.2) is 23.4 Å². The van der Waals surface area contributed by atoms with Gasteiger partial charge in [-0.15, -0.1) is 0 Å². The Hall–Kier alpha value is -1.62. The molecule has 21 heavy (non-hydrogen) atoms. The van der Waals surface area contributed by atoms with Crippen LogP contribution in [-0.2, 0) is 0 Å². The summed E-state index contributed by atoms with van der Waals surface area (Å²) in [5.74, 6) is 0. The molecule has 0 fully saturated rings. The normalized spacial score (nSPS) is 10.2. The number of nitrogens with one attached hydrogen (secondary N) is 1. The monoisotopic (exact) mass is 320 g/mol. The summed E-state index contributed by atoms with van der Waals surface area (Å²) in [5, 5.41) is 13.6. The molecule has 0 saturated carbocycles. The lowest BCUT2D eigenvalue weighted by Gasteiger charge is -2.25. The van der Waals surface area contributed by atoms with Gasteiger partial charge in [0.2, 0.25) is 0 Å². The van der Waals surface area contributed by atoms with Gasteiger partial charge in [0.15, 0.2) is 5.11 Å². The van der Waals surface area contributed by atoms with E-state index in [1.54, 1.807) is 0 Å². The molecule has 110 valence electrons. The van der Waals surface area contributed by atoms with Crippen LogP contribution in [0.25, 0.3) is 0 Å². The van der Waals surface area contributed by atoms with E-state index in [1.807, 2.05) is 60.4 Å². The quantitative estimate of drug-likeness (QED) is 0.839. The molecule has 0 aliphatic carbocycles. The highest BCUT2D eigenvalue weighted by molar-refractivity contribution is 7.80. The van der Waals surface area contributed by atoms with Crippen molar-refractivity contribution in [2.45, 2.75) is 6.92 Å². The number of hydrogen-bond acceptors (Lipinski definition) is 2. The van der Waals surface area contributed by atoms with Crippen LogP contribution in [0.5, 0.6) is 0 Å². The topological polar surface area (TPSA) is 35.5 Å². The van der Waals surface area contributed by atoms with Gasteiger partial charge in [0.05, 0.1) is 6.61 Å². The van der Waals surface area contributed by atoms with Gasteiger partial charge in [-0.2, -0.15) is 0 Å². The number of nitrogens with zero attached hydrogens (tertiary/aromatic N) is 1. The molecule has 0 aliphatic rings. The van der Waals surface area contributed by atoms with Crippen molar-refractivity contribution in [1.82, 2.24) is 0 Å². The Balaban J connectivity index is 2.17. The second-order valence-corrected chi connectivity index (χ2v) is 5.40. The van der Waals surface area contributed by atoms with Crippen molar-refractivity contribution in [2.75, 3.05) is 23.4 Å². The van der Waals surface area contributed by atoms with Crippen molar-refractivity contribution >= 4 is 40.3 Å². The number of benzene rings is 2. The highest BCUT2D eigenvalue weighted by atomic mass is 35.5. The molecule has 3 nitrogen and oxygen atoms in total. The maximum absolute atomic E-state index is 9.24. The van der Waals surface area contributed by atoms with Crippen molar-refractivity contribution in [3.05, 3.63) is 59.1 Å². The number of rotatable bonds is 4. The predicted molar refractivity (Wildman–Crippen MR) is 93.3 cm³/mol. The van der Waals surface area contributed by atoms with Gasteiger partial charge < -0.3 is 15.3 Å². The van der Waals surface area contributed by atoms with Crippen LogP contribution < -0.4 is 10.2 Å². The fourth-order valence-electron chi connectivity index (χ4n) is 1.92. The Kier molecular flexibility index (Phi) is 5.56. The third-order valence-electron chi connectivity index (χ3n) is 3.06. The summed E-state index contributed by atoms with van der Waals surface area (Å²) >= 11 is 11.6. The standard InChI is InChI=1S/C16H17ClN2OS/c1-12-7-8-13(11-15(12)17)18-16(21)19(9-10-20)14-5-3-2-4-6-14/h2-8,11,20H,9-10H2,1H3,(H,18,21). The average molecular weight is 321 g/mol. The summed E-state index contributed by atoms with van der Waals surface area (Å²) in [5.41, 5.74) is 2.78. The van der Waals surface area contributed by atoms with Gasteiger partial charge in [0.25, 0.3) is 0 Å². The Bertz CT molecular complexity index is 619. The third-order valence-corrected chi connectivity index (χ3v) is 3.79. The fourth-order valence-corrected chi connectivity index (χ4v) is 2.41. The van der Waals surface area contributed by atoms with E-state index in [1.165, 1.54) is 0 Å². The van der Waals surface area contributed by atoms with Crippen molar-refractivity contribution < 1.29 is 5.11 Å². The Morgan fingerprint density at radius 2 is 1.95 bits per heavy atom. The molecule has 0 bridgehead atoms. The number of para-hydroxylation sites is 1. The summed E-state index contributed by atoms with van der Waals surface area (Å²) in [6.07, 6.45) is 0. The lowest BCUT2D eigenvalue weighted by molar-refractivity contribution is 0.306. The second-order valence-electron chi connectivity index (χ2n) is 4.60. The van der Waals surface area contributed by atoms with Crippen LogP contribution in [0.15, 0.2) is 48.5 Å². The van der Waals surface area contributed by atoms with Crippen molar-refractivity contribution in [3.63, 3.8) is 0 Å². The Morgan fingerprint density at radius 1 is 1.24 bits per heavy atom. The predicted octanol–water partition coefficient (Wildman–Crippen LogP) is 3.84. The first-order chi connectivity index (χ1) is 10.1. The van der Waals surface area contributed by atoms with Gasteiger partial charge in [-0.3, -0.25) is 0 Å². The lowest BCUT2D eigenvalue weighted by Crippen LogP contribution is -2.36. The Labute approximate surface area is 135 Å². The number of anilines is 2. The molecule has 0 unspecified atom stereocenters. The largest absolute Gasteiger partial charge is 0.395 e. The maximum Gasteiger partial charge on any atom is 0.178 e. The van der Waals surface area contributed by atoms with Gasteiger partial charge in [-0.05, 0) is 49.0 Å². The van der Waals surface area contributed by atoms with E-state index in [9.17, 15) is 5.11 Å². The SMILES string of the molecule is Cc1ccc(NC(=S)N(CCO)c2ccccc2)cc1Cl. The minimum absolute atomic E-state index is 0.0192. The summed E-state index contributed by atoms with van der Waals surface area (Å²) in [6, 6.07) is 15.4. The van der Waals surface area contributed by atoms with Crippen molar-refractivity contribution in [1.29, 1.82) is 0 Å². The molecule has 0 aliphatic heterocycles. The van der Waals surface area contributed by atoms with Gasteiger partial charge >= 0.3 is 0 Å². The smallest absolute Gasteiger partial charge is 0.178 e. The molecule has 2 aromatic rings. The molecule has 2 rings (SSSR count). The number of aliphatic hydroxyl groups is 1. The molecule has 0 aromatic heterocycles. The molecule has 2 aromatic carbocycles. The van der Waals surface area contributed by atoms with Gasteiger partial charge in [-0.1, -0.05) is 35.9 Å². The zero-order chi connectivity index (χ0) is 15.2. The minimum atomic E-state index is 0.0192. The van der Waals surface area contributed by atoms with E-state index in [-0.39, 0.29) is 6.61 Å². The molecule has 0 heterocycles. The highest BCUT2D eigenvalue weighted by Gasteiger charge is 2.11. The molecule has 0 atom stereocenters. The van der Waals surface area contributed by atoms with E-state index in [2.05, 4.69) is 5.32 Å². The van der Waals surface area contributed by atoms with Crippen LogP contribution in [0.2, 0.25) is 5.02 Å². The molecule has 5 heteroatoms. The molecule has 2 N–H and O–H groups in total. The first kappa shape index (κ1) is 15.8. The van der Waals surface area contributed by atoms with E-state index in [4.69, 9.17) is 23.8 Å². The summed E-state index contributed by atoms with van der Waals surface area (Å²) in [4.78, 5) is 1.85. The zero-order valence-electron chi connectivity index (χ0n) is 11.7. The fraction of sp³-hybridized carbons (Fsp3) is 0.188. The second kappa shape index (κ2) is 7.41. The van der Waals surface area contributed by atoms with E-state index >= 15 is 0 Å². The molecule has 0 radical (unpaired) electrons. The van der Waals surface area contributed by atoms with Crippen LogP contribution in [0.1, 0.15) is 5.56 Å². The summed E-state index contributed by atoms with van der Waals surface area (Å²) < 4.78 is 0. The number of aliphatic hydroxyl groups excluding tert-OH is 1. The Morgan fingerprint density at radius 3 is 2.57 bits per heavy atom. The average Bonchev–Trinajstić information content (AvgIpc) is 2.49. The number of thiocarbonyl (C=S) groups is 1. The van der Waals surface area contributed by atoms with Crippen molar-refractivity contribution in [2.24, 2.45) is 0 Å². The lowest BCUT2D eigenvalue weighted by atomic mass is 10.2. The molecular weight excluding hydrogens is 304 g/mol. The number of aryl methyl sites for hydroxylation is 1. The van der Waals surface area contributed by atoms with Crippen LogP contribution >= 0.6 is 23.8 Å². The third kappa shape index (κ3) is 4.17. The van der Waals surface area contributed by atoms with E-state index in [0.29, 0.717) is 16.7 Å². The zero-order valence-corrected chi connectivity index (χ0v) is 13.3. The number of hydrogen-bond donors (Lipinski definition) is 2. The molecular formula is C16H17ClN2OS. The summed E-state index contributed by atoms with van der Waals surface area (Å²) in [7, 11) is 0. The van der Waals surface area contributed by atoms with Gasteiger partial charge in [0.1, 0.15) is 0 Å². The summed E-state index contributed by atoms with van der Waals surface area (Å²) in [6.45, 7) is 2.40. The maximum atomic E-state index is 9.24. The minimum Gasteiger partial charge on any atom is -0.395 e. The first-order valence-corrected chi connectivity index (χ1v) is 7.41. The van der Waals surface area contributed by atoms with Gasteiger partial charge in [-0.25, -0.2) is 0 Å². The number of halogens is 1. The van der Waals surface area contributed by atoms with E-state index in [0.717, 1.165) is 16.9 Å². The molecule has 0 amide bonds. The first-order valence-electron chi connectivity index (χ1n) is 6.62.